The number of aromatic carboxylic acids is 1. The molecule has 0 radical (unpaired) electrons. The van der Waals surface area contributed by atoms with Crippen molar-refractivity contribution in [2.24, 2.45) is 0 Å². The fourth-order valence-electron chi connectivity index (χ4n) is 1.54. The highest BCUT2D eigenvalue weighted by molar-refractivity contribution is 14.1. The fraction of sp³-hybridized carbons (Fsp3) is 0.154. The smallest absolute Gasteiger partial charge is 0.339 e. The van der Waals surface area contributed by atoms with E-state index in [-0.39, 0.29) is 23.7 Å². The first-order valence-corrected chi connectivity index (χ1v) is 6.92. The zero-order chi connectivity index (χ0) is 15.4. The molecule has 2 aromatic rings. The summed E-state index contributed by atoms with van der Waals surface area (Å²) < 4.78 is 10.8. The van der Waals surface area contributed by atoms with E-state index in [9.17, 15) is 9.59 Å². The summed E-state index contributed by atoms with van der Waals surface area (Å²) in [5.41, 5.74) is 0.00646. The predicted octanol–water partition coefficient (Wildman–Crippen LogP) is 2.30. The van der Waals surface area contributed by atoms with Gasteiger partial charge in [-0.05, 0) is 47.7 Å². The third-order valence-corrected chi connectivity index (χ3v) is 3.10. The highest BCUT2D eigenvalue weighted by Crippen LogP contribution is 2.21. The van der Waals surface area contributed by atoms with Gasteiger partial charge >= 0.3 is 5.97 Å². The van der Waals surface area contributed by atoms with E-state index in [0.29, 0.717) is 5.76 Å². The zero-order valence-corrected chi connectivity index (χ0v) is 13.1. The van der Waals surface area contributed by atoms with Gasteiger partial charge in [0.1, 0.15) is 17.1 Å². The number of carbonyl (C=O) groups is 2. The second kappa shape index (κ2) is 6.57. The molecular formula is C13H11IN2O5. The van der Waals surface area contributed by atoms with Gasteiger partial charge in [0.05, 0.1) is 0 Å². The van der Waals surface area contributed by atoms with Gasteiger partial charge in [-0.2, -0.15) is 0 Å². The molecule has 1 amide bonds. The van der Waals surface area contributed by atoms with Crippen molar-refractivity contribution in [3.05, 3.63) is 39.2 Å². The molecule has 0 atom stereocenters. The molecule has 110 valence electrons. The molecule has 0 unspecified atom stereocenters. The van der Waals surface area contributed by atoms with Gasteiger partial charge in [0.25, 0.3) is 5.91 Å². The lowest BCUT2D eigenvalue weighted by Gasteiger charge is -2.09. The second-order valence-corrected chi connectivity index (χ2v) is 5.35. The van der Waals surface area contributed by atoms with Crippen molar-refractivity contribution in [2.45, 2.75) is 6.92 Å². The summed E-state index contributed by atoms with van der Waals surface area (Å²) in [4.78, 5) is 22.8. The minimum atomic E-state index is -1.11. The standard InChI is InChI=1S/C13H11IN2O5/c1-7-4-11(16-21-7)15-12(17)6-20-10-3-2-8(14)5-9(10)13(18)19/h2-5H,6H2,1H3,(H,18,19)(H,15,16,17). The molecule has 0 spiro atoms. The van der Waals surface area contributed by atoms with Gasteiger partial charge in [0, 0.05) is 9.64 Å². The van der Waals surface area contributed by atoms with E-state index in [2.05, 4.69) is 10.5 Å². The van der Waals surface area contributed by atoms with Crippen LogP contribution in [0.2, 0.25) is 0 Å². The van der Waals surface area contributed by atoms with Crippen molar-refractivity contribution in [1.82, 2.24) is 5.16 Å². The molecule has 1 aromatic heterocycles. The molecule has 0 aliphatic heterocycles. The monoisotopic (exact) mass is 402 g/mol. The van der Waals surface area contributed by atoms with Gasteiger partial charge in [-0.1, -0.05) is 5.16 Å². The lowest BCUT2D eigenvalue weighted by atomic mass is 10.2. The van der Waals surface area contributed by atoms with Crippen molar-refractivity contribution in [1.29, 1.82) is 0 Å². The summed E-state index contributed by atoms with van der Waals surface area (Å²) in [6.07, 6.45) is 0. The minimum absolute atomic E-state index is 0.00646. The number of benzene rings is 1. The number of aryl methyl sites for hydroxylation is 1. The van der Waals surface area contributed by atoms with Crippen LogP contribution in [-0.2, 0) is 4.79 Å². The summed E-state index contributed by atoms with van der Waals surface area (Å²) >= 11 is 2.00. The highest BCUT2D eigenvalue weighted by Gasteiger charge is 2.14. The first-order valence-electron chi connectivity index (χ1n) is 5.84. The molecule has 1 aromatic carbocycles. The number of rotatable bonds is 5. The zero-order valence-electron chi connectivity index (χ0n) is 10.9. The topological polar surface area (TPSA) is 102 Å². The van der Waals surface area contributed by atoms with E-state index in [1.54, 1.807) is 19.1 Å². The summed E-state index contributed by atoms with van der Waals surface area (Å²) in [5, 5.41) is 15.2. The number of nitrogens with zero attached hydrogens (tertiary/aromatic N) is 1. The van der Waals surface area contributed by atoms with Crippen LogP contribution in [0.25, 0.3) is 0 Å². The van der Waals surface area contributed by atoms with Crippen LogP contribution < -0.4 is 10.1 Å². The molecular weight excluding hydrogens is 391 g/mol. The number of carbonyl (C=O) groups excluding carboxylic acids is 1. The lowest BCUT2D eigenvalue weighted by Crippen LogP contribution is -2.21. The van der Waals surface area contributed by atoms with Crippen LogP contribution in [0, 0.1) is 10.5 Å². The van der Waals surface area contributed by atoms with Crippen molar-refractivity contribution in [3.8, 4) is 5.75 Å². The number of hydrogen-bond donors (Lipinski definition) is 2. The summed E-state index contributed by atoms with van der Waals surface area (Å²) in [6, 6.07) is 6.24. The lowest BCUT2D eigenvalue weighted by molar-refractivity contribution is -0.118. The number of nitrogens with one attached hydrogen (secondary N) is 1. The average molecular weight is 402 g/mol. The van der Waals surface area contributed by atoms with Crippen LogP contribution in [0.1, 0.15) is 16.1 Å². The molecule has 7 nitrogen and oxygen atoms in total. The van der Waals surface area contributed by atoms with Crippen molar-refractivity contribution in [3.63, 3.8) is 0 Å². The molecule has 1 heterocycles. The molecule has 0 saturated carbocycles. The normalized spacial score (nSPS) is 10.2. The number of hydrogen-bond acceptors (Lipinski definition) is 5. The van der Waals surface area contributed by atoms with Crippen molar-refractivity contribution >= 4 is 40.3 Å². The highest BCUT2D eigenvalue weighted by atomic mass is 127. The Morgan fingerprint density at radius 1 is 1.43 bits per heavy atom. The van der Waals surface area contributed by atoms with E-state index < -0.39 is 11.9 Å². The Labute approximate surface area is 133 Å². The summed E-state index contributed by atoms with van der Waals surface area (Å²) in [5.74, 6) is -0.595. The van der Waals surface area contributed by atoms with E-state index in [1.807, 2.05) is 22.6 Å². The van der Waals surface area contributed by atoms with Crippen LogP contribution in [0.3, 0.4) is 0 Å². The van der Waals surface area contributed by atoms with Gasteiger partial charge in [0.2, 0.25) is 0 Å². The summed E-state index contributed by atoms with van der Waals surface area (Å²) in [7, 11) is 0. The number of aromatic nitrogens is 1. The molecule has 2 N–H and O–H groups in total. The van der Waals surface area contributed by atoms with Crippen LogP contribution in [0.4, 0.5) is 5.82 Å². The molecule has 21 heavy (non-hydrogen) atoms. The average Bonchev–Trinajstić information content (AvgIpc) is 2.82. The quantitative estimate of drug-likeness (QED) is 0.745. The summed E-state index contributed by atoms with van der Waals surface area (Å²) in [6.45, 7) is 1.37. The van der Waals surface area contributed by atoms with E-state index in [1.165, 1.54) is 12.1 Å². The molecule has 0 fully saturated rings. The number of halogens is 1. The van der Waals surface area contributed by atoms with Crippen LogP contribution in [0.5, 0.6) is 5.75 Å². The molecule has 8 heteroatoms. The maximum atomic E-state index is 11.7. The predicted molar refractivity (Wildman–Crippen MR) is 81.5 cm³/mol. The third-order valence-electron chi connectivity index (χ3n) is 2.43. The molecule has 0 aliphatic carbocycles. The van der Waals surface area contributed by atoms with Gasteiger partial charge in [-0.25, -0.2) is 4.79 Å². The largest absolute Gasteiger partial charge is 0.483 e. The van der Waals surface area contributed by atoms with Gasteiger partial charge in [-0.3, -0.25) is 4.79 Å². The number of carboxylic acids is 1. The van der Waals surface area contributed by atoms with E-state index in [4.69, 9.17) is 14.4 Å². The first-order chi connectivity index (χ1) is 9.95. The fourth-order valence-corrected chi connectivity index (χ4v) is 2.03. The third kappa shape index (κ3) is 4.18. The van der Waals surface area contributed by atoms with Crippen LogP contribution >= 0.6 is 22.6 Å². The minimum Gasteiger partial charge on any atom is -0.483 e. The maximum absolute atomic E-state index is 11.7. The molecule has 2 rings (SSSR count). The second-order valence-electron chi connectivity index (χ2n) is 4.11. The number of amides is 1. The van der Waals surface area contributed by atoms with Gasteiger partial charge < -0.3 is 19.7 Å². The van der Waals surface area contributed by atoms with Crippen molar-refractivity contribution < 1.29 is 24.0 Å². The Morgan fingerprint density at radius 2 is 2.19 bits per heavy atom. The Bertz CT molecular complexity index is 683. The molecule has 0 aliphatic rings. The van der Waals surface area contributed by atoms with Crippen LogP contribution in [-0.4, -0.2) is 28.7 Å². The molecule has 0 saturated heterocycles. The van der Waals surface area contributed by atoms with Crippen molar-refractivity contribution in [2.75, 3.05) is 11.9 Å². The Morgan fingerprint density at radius 3 is 2.81 bits per heavy atom. The SMILES string of the molecule is Cc1cc(NC(=O)COc2ccc(I)cc2C(=O)O)no1. The Hall–Kier alpha value is -2.10. The number of ether oxygens (including phenoxy) is 1. The maximum Gasteiger partial charge on any atom is 0.339 e. The van der Waals surface area contributed by atoms with Crippen LogP contribution in [0.15, 0.2) is 28.8 Å². The Kier molecular flexibility index (Phi) is 4.78. The van der Waals surface area contributed by atoms with Gasteiger partial charge in [0.15, 0.2) is 12.4 Å². The first kappa shape index (κ1) is 15.3. The van der Waals surface area contributed by atoms with Gasteiger partial charge in [-0.15, -0.1) is 0 Å². The number of anilines is 1. The van der Waals surface area contributed by atoms with E-state index >= 15 is 0 Å². The molecule has 0 bridgehead atoms. The Balaban J connectivity index is 1.99. The van der Waals surface area contributed by atoms with E-state index in [0.717, 1.165) is 3.57 Å². The number of carboxylic acid groups (broad SMARTS) is 1.